The number of ether oxygens (including phenoxy) is 2. The van der Waals surface area contributed by atoms with Gasteiger partial charge >= 0.3 is 0 Å². The molecule has 1 amide bonds. The van der Waals surface area contributed by atoms with Crippen molar-refractivity contribution >= 4 is 41.0 Å². The Morgan fingerprint density at radius 2 is 1.97 bits per heavy atom. The second-order valence-corrected chi connectivity index (χ2v) is 8.68. The fraction of sp³-hybridized carbons (Fsp3) is 0.120. The van der Waals surface area contributed by atoms with E-state index in [2.05, 4.69) is 16.7 Å². The van der Waals surface area contributed by atoms with E-state index in [1.165, 1.54) is 11.8 Å². The van der Waals surface area contributed by atoms with Gasteiger partial charge in [0.05, 0.1) is 29.3 Å². The maximum atomic E-state index is 12.4. The number of nitrogens with zero attached hydrogens (tertiary/aromatic N) is 1. The number of benzene rings is 3. The molecule has 4 rings (SSSR count). The average molecular weight is 478 g/mol. The van der Waals surface area contributed by atoms with Crippen molar-refractivity contribution in [3.05, 3.63) is 93.3 Å². The number of carbonyl (C=O) groups excluding carboxylic acids is 1. The van der Waals surface area contributed by atoms with Crippen LogP contribution in [0.4, 0.5) is 5.69 Å². The van der Waals surface area contributed by atoms with E-state index in [4.69, 9.17) is 21.1 Å². The van der Waals surface area contributed by atoms with E-state index in [0.717, 1.165) is 11.1 Å². The van der Waals surface area contributed by atoms with Gasteiger partial charge in [0.1, 0.15) is 18.1 Å². The first kappa shape index (κ1) is 22.6. The molecule has 1 fully saturated rings. The normalized spacial score (nSPS) is 16.2. The van der Waals surface area contributed by atoms with Crippen molar-refractivity contribution in [1.82, 2.24) is 5.32 Å². The molecule has 0 bridgehead atoms. The molecule has 1 unspecified atom stereocenters. The van der Waals surface area contributed by atoms with Gasteiger partial charge in [-0.15, -0.1) is 0 Å². The van der Waals surface area contributed by atoms with Crippen molar-refractivity contribution in [2.45, 2.75) is 12.1 Å². The average Bonchev–Trinajstić information content (AvgIpc) is 3.17. The summed E-state index contributed by atoms with van der Waals surface area (Å²) in [6.45, 7) is 0.308. The van der Waals surface area contributed by atoms with Gasteiger partial charge in [0.25, 0.3) is 5.91 Å². The summed E-state index contributed by atoms with van der Waals surface area (Å²) in [5, 5.41) is 15.9. The summed E-state index contributed by atoms with van der Waals surface area (Å²) in [5.41, 5.74) is 2.66. The molecule has 1 aliphatic rings. The first-order valence-electron chi connectivity index (χ1n) is 10.1. The summed E-state index contributed by atoms with van der Waals surface area (Å²) < 4.78 is 11.2. The van der Waals surface area contributed by atoms with Crippen molar-refractivity contribution in [2.24, 2.45) is 0 Å². The Kier molecular flexibility index (Phi) is 7.08. The highest BCUT2D eigenvalue weighted by atomic mass is 35.5. The van der Waals surface area contributed by atoms with Crippen LogP contribution in [0.1, 0.15) is 16.7 Å². The third kappa shape index (κ3) is 5.61. The number of amides is 1. The van der Waals surface area contributed by atoms with Crippen molar-refractivity contribution in [2.75, 3.05) is 12.4 Å². The number of thioether (sulfide) groups is 1. The molecule has 0 aliphatic carbocycles. The van der Waals surface area contributed by atoms with Crippen molar-refractivity contribution in [3.8, 4) is 17.6 Å². The van der Waals surface area contributed by atoms with Gasteiger partial charge in [-0.05, 0) is 48.0 Å². The Bertz CT molecular complexity index is 1240. The number of methoxy groups -OCH3 is 1. The van der Waals surface area contributed by atoms with E-state index < -0.39 is 0 Å². The van der Waals surface area contributed by atoms with Gasteiger partial charge in [-0.25, -0.2) is 0 Å². The largest absolute Gasteiger partial charge is 0.495 e. The summed E-state index contributed by atoms with van der Waals surface area (Å²) in [6.07, 6.45) is 1.83. The van der Waals surface area contributed by atoms with Crippen LogP contribution in [0.15, 0.2) is 71.6 Å². The quantitative estimate of drug-likeness (QED) is 0.443. The van der Waals surface area contributed by atoms with Gasteiger partial charge in [0.15, 0.2) is 5.50 Å². The minimum Gasteiger partial charge on any atom is -0.495 e. The lowest BCUT2D eigenvalue weighted by Gasteiger charge is -2.15. The fourth-order valence-electron chi connectivity index (χ4n) is 3.23. The molecule has 33 heavy (non-hydrogen) atoms. The second kappa shape index (κ2) is 10.3. The lowest BCUT2D eigenvalue weighted by Crippen LogP contribution is -2.31. The molecule has 3 aromatic rings. The summed E-state index contributed by atoms with van der Waals surface area (Å²) in [5.74, 6) is 1.16. The number of anilines is 1. The van der Waals surface area contributed by atoms with Gasteiger partial charge in [-0.2, -0.15) is 5.26 Å². The Morgan fingerprint density at radius 1 is 1.18 bits per heavy atom. The van der Waals surface area contributed by atoms with Crippen LogP contribution in [0.2, 0.25) is 5.02 Å². The zero-order valence-corrected chi connectivity index (χ0v) is 19.2. The summed E-state index contributed by atoms with van der Waals surface area (Å²) in [7, 11) is 1.58. The Labute approximate surface area is 201 Å². The summed E-state index contributed by atoms with van der Waals surface area (Å²) >= 11 is 7.46. The first-order chi connectivity index (χ1) is 16.1. The molecule has 3 aromatic carbocycles. The van der Waals surface area contributed by atoms with Crippen LogP contribution in [0.5, 0.6) is 11.5 Å². The van der Waals surface area contributed by atoms with Gasteiger partial charge in [-0.3, -0.25) is 4.79 Å². The highest BCUT2D eigenvalue weighted by Gasteiger charge is 2.27. The number of rotatable bonds is 7. The molecule has 0 radical (unpaired) electrons. The van der Waals surface area contributed by atoms with Crippen LogP contribution in [0.25, 0.3) is 6.08 Å². The topological polar surface area (TPSA) is 83.4 Å². The maximum Gasteiger partial charge on any atom is 0.260 e. The number of nitrogens with one attached hydrogen (secondary N) is 2. The zero-order valence-electron chi connectivity index (χ0n) is 17.7. The van der Waals surface area contributed by atoms with Crippen LogP contribution in [-0.2, 0) is 11.4 Å². The molecule has 1 heterocycles. The van der Waals surface area contributed by atoms with Crippen LogP contribution in [-0.4, -0.2) is 18.5 Å². The standard InChI is InChI=1S/C25H20ClN3O3S/c1-31-22-11-8-19(26)13-21(22)28-25-29-24(30)23(33-25)12-16-6-9-20(10-7-16)32-15-18-5-3-2-4-17(18)14-27/h2-13,25,28H,15H2,1H3,(H,29,30)/b23-12-. The van der Waals surface area contributed by atoms with E-state index in [1.807, 2.05) is 48.5 Å². The molecule has 1 atom stereocenters. The van der Waals surface area contributed by atoms with Crippen molar-refractivity contribution in [1.29, 1.82) is 5.26 Å². The van der Waals surface area contributed by atoms with Crippen LogP contribution in [0, 0.1) is 11.3 Å². The lowest BCUT2D eigenvalue weighted by atomic mass is 10.1. The van der Waals surface area contributed by atoms with E-state index >= 15 is 0 Å². The number of hydrogen-bond acceptors (Lipinski definition) is 6. The summed E-state index contributed by atoms with van der Waals surface area (Å²) in [4.78, 5) is 13.0. The molecule has 0 aromatic heterocycles. The van der Waals surface area contributed by atoms with Gasteiger partial charge in [0, 0.05) is 10.6 Å². The molecule has 0 spiro atoms. The second-order valence-electron chi connectivity index (χ2n) is 7.10. The molecule has 2 N–H and O–H groups in total. The molecular formula is C25H20ClN3O3S. The molecule has 0 saturated carbocycles. The predicted molar refractivity (Wildman–Crippen MR) is 131 cm³/mol. The molecule has 1 aliphatic heterocycles. The van der Waals surface area contributed by atoms with E-state index in [-0.39, 0.29) is 11.4 Å². The number of halogens is 1. The summed E-state index contributed by atoms with van der Waals surface area (Å²) in [6, 6.07) is 22.2. The molecule has 8 heteroatoms. The highest BCUT2D eigenvalue weighted by molar-refractivity contribution is 8.05. The first-order valence-corrected chi connectivity index (χ1v) is 11.3. The third-order valence-electron chi connectivity index (χ3n) is 4.89. The highest BCUT2D eigenvalue weighted by Crippen LogP contribution is 2.34. The van der Waals surface area contributed by atoms with E-state index in [0.29, 0.717) is 39.3 Å². The molecule has 166 valence electrons. The Morgan fingerprint density at radius 3 is 2.73 bits per heavy atom. The lowest BCUT2D eigenvalue weighted by molar-refractivity contribution is -0.116. The third-order valence-corrected chi connectivity index (χ3v) is 6.15. The van der Waals surface area contributed by atoms with E-state index in [9.17, 15) is 10.1 Å². The monoisotopic (exact) mass is 477 g/mol. The Hall–Kier alpha value is -3.60. The zero-order chi connectivity index (χ0) is 23.2. The fourth-order valence-corrected chi connectivity index (χ4v) is 4.38. The Balaban J connectivity index is 1.39. The van der Waals surface area contributed by atoms with E-state index in [1.54, 1.807) is 31.4 Å². The maximum absolute atomic E-state index is 12.4. The smallest absolute Gasteiger partial charge is 0.260 e. The SMILES string of the molecule is COc1ccc(Cl)cc1NC1NC(=O)/C(=C/c2ccc(OCc3ccccc3C#N)cc2)S1. The minimum absolute atomic E-state index is 0.160. The van der Waals surface area contributed by atoms with Crippen LogP contribution >= 0.6 is 23.4 Å². The molecule has 1 saturated heterocycles. The molecule has 6 nitrogen and oxygen atoms in total. The predicted octanol–water partition coefficient (Wildman–Crippen LogP) is 5.40. The number of nitriles is 1. The van der Waals surface area contributed by atoms with Crippen molar-refractivity contribution in [3.63, 3.8) is 0 Å². The number of carbonyl (C=O) groups is 1. The minimum atomic E-state index is -0.348. The van der Waals surface area contributed by atoms with Gasteiger partial charge in [0.2, 0.25) is 0 Å². The van der Waals surface area contributed by atoms with Gasteiger partial charge in [-0.1, -0.05) is 53.7 Å². The molecular weight excluding hydrogens is 458 g/mol. The van der Waals surface area contributed by atoms with Crippen molar-refractivity contribution < 1.29 is 14.3 Å². The van der Waals surface area contributed by atoms with Crippen LogP contribution < -0.4 is 20.1 Å². The van der Waals surface area contributed by atoms with Crippen LogP contribution in [0.3, 0.4) is 0 Å². The number of hydrogen-bond donors (Lipinski definition) is 2. The van der Waals surface area contributed by atoms with Gasteiger partial charge < -0.3 is 20.1 Å².